The molecule has 1 aromatic heterocycles. The molecule has 0 spiro atoms. The number of alkyl halides is 3. The Bertz CT molecular complexity index is 668. The van der Waals surface area contributed by atoms with Crippen LogP contribution in [0.1, 0.15) is 11.3 Å². The molecule has 0 amide bonds. The molecule has 0 N–H and O–H groups in total. The first-order valence-electron chi connectivity index (χ1n) is 6.15. The summed E-state index contributed by atoms with van der Waals surface area (Å²) in [7, 11) is 0. The van der Waals surface area contributed by atoms with Crippen molar-refractivity contribution in [1.29, 1.82) is 5.26 Å². The molecule has 0 radical (unpaired) electrons. The molecule has 0 fully saturated rings. The predicted molar refractivity (Wildman–Crippen MR) is 74.4 cm³/mol. The van der Waals surface area contributed by atoms with Gasteiger partial charge in [0, 0.05) is 11.9 Å². The van der Waals surface area contributed by atoms with Crippen LogP contribution >= 0.6 is 11.8 Å². The molecule has 0 aliphatic carbocycles. The molecule has 0 aliphatic heterocycles. The molecule has 0 atom stereocenters. The SMILES string of the molecule is N#Cc1ccc(OCCSc2nccc(C(F)(F)F)n2)cc1. The van der Waals surface area contributed by atoms with Gasteiger partial charge in [0.25, 0.3) is 0 Å². The third-order valence-corrected chi connectivity index (χ3v) is 3.32. The van der Waals surface area contributed by atoms with E-state index in [1.54, 1.807) is 24.3 Å². The van der Waals surface area contributed by atoms with Crippen LogP contribution in [0.25, 0.3) is 0 Å². The van der Waals surface area contributed by atoms with Gasteiger partial charge < -0.3 is 4.74 Å². The van der Waals surface area contributed by atoms with Crippen LogP contribution in [0.2, 0.25) is 0 Å². The summed E-state index contributed by atoms with van der Waals surface area (Å²) >= 11 is 1.08. The summed E-state index contributed by atoms with van der Waals surface area (Å²) in [5, 5.41) is 8.71. The highest BCUT2D eigenvalue weighted by atomic mass is 32.2. The predicted octanol–water partition coefficient (Wildman–Crippen LogP) is 3.54. The minimum atomic E-state index is -4.47. The number of benzene rings is 1. The van der Waals surface area contributed by atoms with Gasteiger partial charge in [-0.15, -0.1) is 0 Å². The van der Waals surface area contributed by atoms with Crippen molar-refractivity contribution in [3.05, 3.63) is 47.8 Å². The van der Waals surface area contributed by atoms with E-state index < -0.39 is 11.9 Å². The molecule has 0 aliphatic rings. The van der Waals surface area contributed by atoms with Gasteiger partial charge in [0.15, 0.2) is 5.16 Å². The minimum Gasteiger partial charge on any atom is -0.493 e. The average molecular weight is 325 g/mol. The smallest absolute Gasteiger partial charge is 0.433 e. The number of nitrogens with zero attached hydrogens (tertiary/aromatic N) is 3. The molecule has 22 heavy (non-hydrogen) atoms. The van der Waals surface area contributed by atoms with Crippen LogP contribution in [-0.4, -0.2) is 22.3 Å². The topological polar surface area (TPSA) is 58.8 Å². The second kappa shape index (κ2) is 7.13. The van der Waals surface area contributed by atoms with Gasteiger partial charge >= 0.3 is 6.18 Å². The highest BCUT2D eigenvalue weighted by Crippen LogP contribution is 2.28. The molecule has 0 saturated carbocycles. The number of aromatic nitrogens is 2. The number of hydrogen-bond acceptors (Lipinski definition) is 5. The molecular weight excluding hydrogens is 315 g/mol. The first-order valence-corrected chi connectivity index (χ1v) is 7.13. The Labute approximate surface area is 129 Å². The fraction of sp³-hybridized carbons (Fsp3) is 0.214. The number of thioether (sulfide) groups is 1. The lowest BCUT2D eigenvalue weighted by Gasteiger charge is -2.07. The van der Waals surface area contributed by atoms with Crippen LogP contribution in [0.5, 0.6) is 5.75 Å². The second-order valence-electron chi connectivity index (χ2n) is 4.06. The van der Waals surface area contributed by atoms with Gasteiger partial charge in [-0.3, -0.25) is 0 Å². The summed E-state index contributed by atoms with van der Waals surface area (Å²) in [5.41, 5.74) is -0.433. The number of halogens is 3. The van der Waals surface area contributed by atoms with Crippen molar-refractivity contribution < 1.29 is 17.9 Å². The molecule has 2 rings (SSSR count). The summed E-state index contributed by atoms with van der Waals surface area (Å²) in [6.07, 6.45) is -3.39. The lowest BCUT2D eigenvalue weighted by atomic mass is 10.2. The fourth-order valence-corrected chi connectivity index (χ4v) is 2.13. The highest BCUT2D eigenvalue weighted by Gasteiger charge is 2.32. The average Bonchev–Trinajstić information content (AvgIpc) is 2.52. The maximum atomic E-state index is 12.5. The minimum absolute atomic E-state index is 0.0539. The second-order valence-corrected chi connectivity index (χ2v) is 5.12. The van der Waals surface area contributed by atoms with Gasteiger partial charge in [0.1, 0.15) is 11.4 Å². The van der Waals surface area contributed by atoms with Crippen LogP contribution in [0.3, 0.4) is 0 Å². The molecule has 0 unspecified atom stereocenters. The van der Waals surface area contributed by atoms with E-state index in [0.717, 1.165) is 24.0 Å². The standard InChI is InChI=1S/C14H10F3N3OS/c15-14(16,17)12-5-6-19-13(20-12)22-8-7-21-11-3-1-10(9-18)2-4-11/h1-6H,7-8H2. The Morgan fingerprint density at radius 1 is 1.18 bits per heavy atom. The Morgan fingerprint density at radius 3 is 2.55 bits per heavy atom. The van der Waals surface area contributed by atoms with Crippen molar-refractivity contribution in [2.45, 2.75) is 11.3 Å². The van der Waals surface area contributed by atoms with Crippen molar-refractivity contribution in [3.63, 3.8) is 0 Å². The largest absolute Gasteiger partial charge is 0.493 e. The van der Waals surface area contributed by atoms with Crippen LogP contribution in [0, 0.1) is 11.3 Å². The van der Waals surface area contributed by atoms with E-state index in [1.165, 1.54) is 0 Å². The Morgan fingerprint density at radius 2 is 1.91 bits per heavy atom. The molecule has 4 nitrogen and oxygen atoms in total. The number of ether oxygens (including phenoxy) is 1. The van der Waals surface area contributed by atoms with Gasteiger partial charge in [0.2, 0.25) is 0 Å². The zero-order chi connectivity index (χ0) is 16.0. The Hall–Kier alpha value is -2.27. The third kappa shape index (κ3) is 4.63. The third-order valence-electron chi connectivity index (χ3n) is 2.49. The highest BCUT2D eigenvalue weighted by molar-refractivity contribution is 7.99. The maximum absolute atomic E-state index is 12.5. The molecule has 1 heterocycles. The molecule has 1 aromatic carbocycles. The van der Waals surface area contributed by atoms with Crippen LogP contribution in [0.15, 0.2) is 41.7 Å². The van der Waals surface area contributed by atoms with E-state index in [9.17, 15) is 13.2 Å². The van der Waals surface area contributed by atoms with Gasteiger partial charge in [-0.1, -0.05) is 11.8 Å². The summed E-state index contributed by atoms with van der Waals surface area (Å²) in [6, 6.07) is 9.38. The normalized spacial score (nSPS) is 11.0. The van der Waals surface area contributed by atoms with Crippen molar-refractivity contribution >= 4 is 11.8 Å². The summed E-state index contributed by atoms with van der Waals surface area (Å²) in [6.45, 7) is 0.288. The van der Waals surface area contributed by atoms with Crippen molar-refractivity contribution in [2.24, 2.45) is 0 Å². The Kier molecular flexibility index (Phi) is 5.22. The first-order chi connectivity index (χ1) is 10.5. The van der Waals surface area contributed by atoms with Crippen LogP contribution < -0.4 is 4.74 Å². The molecule has 114 valence electrons. The van der Waals surface area contributed by atoms with E-state index in [4.69, 9.17) is 10.00 Å². The molecule has 0 saturated heterocycles. The maximum Gasteiger partial charge on any atom is 0.433 e. The Balaban J connectivity index is 1.82. The molecule has 8 heteroatoms. The van der Waals surface area contributed by atoms with E-state index in [2.05, 4.69) is 9.97 Å². The lowest BCUT2D eigenvalue weighted by molar-refractivity contribution is -0.141. The van der Waals surface area contributed by atoms with Gasteiger partial charge in [0.05, 0.1) is 18.2 Å². The van der Waals surface area contributed by atoms with Gasteiger partial charge in [-0.25, -0.2) is 9.97 Å². The molecule has 2 aromatic rings. The van der Waals surface area contributed by atoms with E-state index >= 15 is 0 Å². The van der Waals surface area contributed by atoms with Crippen molar-refractivity contribution in [3.8, 4) is 11.8 Å². The monoisotopic (exact) mass is 325 g/mol. The summed E-state index contributed by atoms with van der Waals surface area (Å²) in [5.74, 6) is 0.992. The zero-order valence-electron chi connectivity index (χ0n) is 11.2. The van der Waals surface area contributed by atoms with Gasteiger partial charge in [-0.05, 0) is 30.3 Å². The quantitative estimate of drug-likeness (QED) is 0.478. The number of hydrogen-bond donors (Lipinski definition) is 0. The van der Waals surface area contributed by atoms with E-state index in [1.807, 2.05) is 6.07 Å². The van der Waals surface area contributed by atoms with E-state index in [-0.39, 0.29) is 11.8 Å². The van der Waals surface area contributed by atoms with Crippen molar-refractivity contribution in [2.75, 3.05) is 12.4 Å². The van der Waals surface area contributed by atoms with Crippen molar-refractivity contribution in [1.82, 2.24) is 9.97 Å². The van der Waals surface area contributed by atoms with E-state index in [0.29, 0.717) is 17.1 Å². The van der Waals surface area contributed by atoms with Crippen LogP contribution in [0.4, 0.5) is 13.2 Å². The summed E-state index contributed by atoms with van der Waals surface area (Å²) in [4.78, 5) is 7.23. The molecular formula is C14H10F3N3OS. The fourth-order valence-electron chi connectivity index (χ4n) is 1.49. The molecule has 0 bridgehead atoms. The van der Waals surface area contributed by atoms with Crippen LogP contribution in [-0.2, 0) is 6.18 Å². The zero-order valence-corrected chi connectivity index (χ0v) is 12.0. The number of nitriles is 1. The van der Waals surface area contributed by atoms with Gasteiger partial charge in [-0.2, -0.15) is 18.4 Å². The number of rotatable bonds is 5. The lowest BCUT2D eigenvalue weighted by Crippen LogP contribution is -2.09. The summed E-state index contributed by atoms with van der Waals surface area (Å²) < 4.78 is 42.9. The first kappa shape index (κ1) is 16.1.